The first kappa shape index (κ1) is 12.4. The number of carbonyl (C=O) groups is 1. The Labute approximate surface area is 109 Å². The lowest BCUT2D eigenvalue weighted by Gasteiger charge is -2.08. The van der Waals surface area contributed by atoms with Gasteiger partial charge in [0.15, 0.2) is 0 Å². The van der Waals surface area contributed by atoms with E-state index in [0.717, 1.165) is 11.1 Å². The quantitative estimate of drug-likeness (QED) is 0.924. The van der Waals surface area contributed by atoms with Crippen LogP contribution in [0.1, 0.15) is 10.5 Å². The third-order valence-electron chi connectivity index (χ3n) is 2.46. The van der Waals surface area contributed by atoms with Crippen LogP contribution in [0.4, 0.5) is 0 Å². The van der Waals surface area contributed by atoms with Gasteiger partial charge in [-0.05, 0) is 24.3 Å². The Kier molecular flexibility index (Phi) is 3.48. The van der Waals surface area contributed by atoms with Gasteiger partial charge in [-0.2, -0.15) is 0 Å². The number of aromatic nitrogens is 1. The van der Waals surface area contributed by atoms with Gasteiger partial charge >= 0.3 is 5.97 Å². The molecule has 2 aromatic rings. The molecule has 92 valence electrons. The van der Waals surface area contributed by atoms with Gasteiger partial charge in [0.05, 0.1) is 7.11 Å². The van der Waals surface area contributed by atoms with Crippen LogP contribution < -0.4 is 4.74 Å². The SMILES string of the molecule is COc1cc(Cl)ccc1-c1ccc(C(=O)O)nc1. The molecule has 18 heavy (non-hydrogen) atoms. The Morgan fingerprint density at radius 3 is 2.67 bits per heavy atom. The normalized spacial score (nSPS) is 10.1. The molecule has 0 saturated carbocycles. The Balaban J connectivity index is 2.45. The number of carboxylic acid groups (broad SMARTS) is 1. The van der Waals surface area contributed by atoms with Crippen molar-refractivity contribution in [3.63, 3.8) is 0 Å². The number of carboxylic acids is 1. The number of hydrogen-bond donors (Lipinski definition) is 1. The van der Waals surface area contributed by atoms with Crippen LogP contribution in [0.3, 0.4) is 0 Å². The van der Waals surface area contributed by atoms with Crippen molar-refractivity contribution in [1.82, 2.24) is 4.98 Å². The highest BCUT2D eigenvalue weighted by atomic mass is 35.5. The van der Waals surface area contributed by atoms with Crippen LogP contribution >= 0.6 is 11.6 Å². The van der Waals surface area contributed by atoms with Gasteiger partial charge in [-0.15, -0.1) is 0 Å². The molecule has 0 radical (unpaired) electrons. The summed E-state index contributed by atoms with van der Waals surface area (Å²) in [5.41, 5.74) is 1.59. The molecule has 1 heterocycles. The highest BCUT2D eigenvalue weighted by Crippen LogP contribution is 2.31. The molecule has 0 amide bonds. The average Bonchev–Trinajstić information content (AvgIpc) is 2.38. The smallest absolute Gasteiger partial charge is 0.354 e. The fourth-order valence-corrected chi connectivity index (χ4v) is 1.75. The lowest BCUT2D eigenvalue weighted by Crippen LogP contribution is -1.99. The van der Waals surface area contributed by atoms with Crippen molar-refractivity contribution in [1.29, 1.82) is 0 Å². The van der Waals surface area contributed by atoms with Gasteiger partial charge in [0.1, 0.15) is 11.4 Å². The van der Waals surface area contributed by atoms with Gasteiger partial charge in [0, 0.05) is 22.3 Å². The molecule has 0 aliphatic carbocycles. The first-order chi connectivity index (χ1) is 8.61. The monoisotopic (exact) mass is 263 g/mol. The van der Waals surface area contributed by atoms with Crippen molar-refractivity contribution >= 4 is 17.6 Å². The minimum Gasteiger partial charge on any atom is -0.496 e. The van der Waals surface area contributed by atoms with Crippen LogP contribution in [0.25, 0.3) is 11.1 Å². The summed E-state index contributed by atoms with van der Waals surface area (Å²) in [6.45, 7) is 0. The second kappa shape index (κ2) is 5.06. The van der Waals surface area contributed by atoms with Crippen LogP contribution in [0.2, 0.25) is 5.02 Å². The first-order valence-corrected chi connectivity index (χ1v) is 5.53. The van der Waals surface area contributed by atoms with Gasteiger partial charge < -0.3 is 9.84 Å². The summed E-state index contributed by atoms with van der Waals surface area (Å²) in [5.74, 6) is -0.433. The summed E-state index contributed by atoms with van der Waals surface area (Å²) in [6.07, 6.45) is 1.50. The van der Waals surface area contributed by atoms with Gasteiger partial charge in [0.25, 0.3) is 0 Å². The molecular weight excluding hydrogens is 254 g/mol. The maximum Gasteiger partial charge on any atom is 0.354 e. The highest BCUT2D eigenvalue weighted by molar-refractivity contribution is 6.30. The molecule has 0 atom stereocenters. The summed E-state index contributed by atoms with van der Waals surface area (Å²) >= 11 is 5.88. The van der Waals surface area contributed by atoms with Crippen LogP contribution in [-0.2, 0) is 0 Å². The first-order valence-electron chi connectivity index (χ1n) is 5.15. The van der Waals surface area contributed by atoms with Crippen LogP contribution in [0, 0.1) is 0 Å². The molecule has 1 aromatic carbocycles. The molecule has 4 nitrogen and oxygen atoms in total. The lowest BCUT2D eigenvalue weighted by molar-refractivity contribution is 0.0690. The van der Waals surface area contributed by atoms with Crippen molar-refractivity contribution in [3.05, 3.63) is 47.2 Å². The average molecular weight is 264 g/mol. The number of halogens is 1. The Morgan fingerprint density at radius 1 is 1.33 bits per heavy atom. The number of rotatable bonds is 3. The van der Waals surface area contributed by atoms with Crippen molar-refractivity contribution in [3.8, 4) is 16.9 Å². The molecule has 0 aliphatic rings. The summed E-state index contributed by atoms with van der Waals surface area (Å²) in [7, 11) is 1.55. The van der Waals surface area contributed by atoms with E-state index in [2.05, 4.69) is 4.98 Å². The predicted molar refractivity (Wildman–Crippen MR) is 68.2 cm³/mol. The van der Waals surface area contributed by atoms with Gasteiger partial charge in [-0.1, -0.05) is 17.7 Å². The molecule has 0 aliphatic heterocycles. The predicted octanol–water partition coefficient (Wildman–Crippen LogP) is 3.11. The minimum atomic E-state index is -1.05. The summed E-state index contributed by atoms with van der Waals surface area (Å²) in [4.78, 5) is 14.6. The van der Waals surface area contributed by atoms with E-state index in [-0.39, 0.29) is 5.69 Å². The Bertz CT molecular complexity index is 581. The second-order valence-electron chi connectivity index (χ2n) is 3.58. The topological polar surface area (TPSA) is 59.4 Å². The van der Waals surface area contributed by atoms with Crippen molar-refractivity contribution in [2.75, 3.05) is 7.11 Å². The van der Waals surface area contributed by atoms with Crippen LogP contribution in [-0.4, -0.2) is 23.2 Å². The number of pyridine rings is 1. The number of methoxy groups -OCH3 is 1. The molecule has 0 unspecified atom stereocenters. The third kappa shape index (κ3) is 2.43. The van der Waals surface area contributed by atoms with Crippen molar-refractivity contribution in [2.24, 2.45) is 0 Å². The Morgan fingerprint density at radius 2 is 2.11 bits per heavy atom. The molecule has 0 fully saturated rings. The minimum absolute atomic E-state index is 0.00619. The van der Waals surface area contributed by atoms with Gasteiger partial charge in [0.2, 0.25) is 0 Å². The van der Waals surface area contributed by atoms with Crippen molar-refractivity contribution < 1.29 is 14.6 Å². The fourth-order valence-electron chi connectivity index (χ4n) is 1.58. The van der Waals surface area contributed by atoms with E-state index in [4.69, 9.17) is 21.4 Å². The summed E-state index contributed by atoms with van der Waals surface area (Å²) < 4.78 is 5.23. The van der Waals surface area contributed by atoms with E-state index in [1.807, 2.05) is 0 Å². The van der Waals surface area contributed by atoms with Gasteiger partial charge in [-0.3, -0.25) is 0 Å². The zero-order valence-electron chi connectivity index (χ0n) is 9.55. The number of ether oxygens (including phenoxy) is 1. The molecule has 0 bridgehead atoms. The largest absolute Gasteiger partial charge is 0.496 e. The van der Waals surface area contributed by atoms with Crippen molar-refractivity contribution in [2.45, 2.75) is 0 Å². The second-order valence-corrected chi connectivity index (χ2v) is 4.02. The number of hydrogen-bond acceptors (Lipinski definition) is 3. The maximum atomic E-state index is 10.7. The molecule has 0 saturated heterocycles. The van der Waals surface area contributed by atoms with E-state index in [9.17, 15) is 4.79 Å². The van der Waals surface area contributed by atoms with Crippen LogP contribution in [0.5, 0.6) is 5.75 Å². The van der Waals surface area contributed by atoms with E-state index in [1.54, 1.807) is 31.4 Å². The van der Waals surface area contributed by atoms with E-state index >= 15 is 0 Å². The standard InChI is InChI=1S/C13H10ClNO3/c1-18-12-6-9(14)3-4-10(12)8-2-5-11(13(16)17)15-7-8/h2-7H,1H3,(H,16,17). The maximum absolute atomic E-state index is 10.7. The van der Waals surface area contributed by atoms with E-state index in [0.29, 0.717) is 10.8 Å². The molecular formula is C13H10ClNO3. The molecule has 2 rings (SSSR count). The molecule has 0 spiro atoms. The number of benzene rings is 1. The molecule has 5 heteroatoms. The zero-order valence-corrected chi connectivity index (χ0v) is 10.3. The third-order valence-corrected chi connectivity index (χ3v) is 2.69. The van der Waals surface area contributed by atoms with Gasteiger partial charge in [-0.25, -0.2) is 9.78 Å². The number of aromatic carboxylic acids is 1. The van der Waals surface area contributed by atoms with E-state index in [1.165, 1.54) is 12.3 Å². The lowest BCUT2D eigenvalue weighted by atomic mass is 10.1. The summed E-state index contributed by atoms with van der Waals surface area (Å²) in [5, 5.41) is 9.35. The summed E-state index contributed by atoms with van der Waals surface area (Å²) in [6, 6.07) is 8.37. The fraction of sp³-hybridized carbons (Fsp3) is 0.0769. The van der Waals surface area contributed by atoms with E-state index < -0.39 is 5.97 Å². The highest BCUT2D eigenvalue weighted by Gasteiger charge is 2.09. The molecule has 1 aromatic heterocycles. The Hall–Kier alpha value is -2.07. The number of nitrogens with zero attached hydrogens (tertiary/aromatic N) is 1. The van der Waals surface area contributed by atoms with Crippen LogP contribution in [0.15, 0.2) is 36.5 Å². The molecule has 1 N–H and O–H groups in total. The zero-order chi connectivity index (χ0) is 13.1.